The fourth-order valence-corrected chi connectivity index (χ4v) is 0.234. The van der Waals surface area contributed by atoms with E-state index >= 15 is 0 Å². The second kappa shape index (κ2) is 3.90. The van der Waals surface area contributed by atoms with Crippen LogP contribution in [0.25, 0.3) is 0 Å². The number of nitrogens with zero attached hydrogens (tertiary/aromatic N) is 2. The Kier molecular flexibility index (Phi) is 3.28. The zero-order chi connectivity index (χ0) is 6.41. The second-order valence-corrected chi connectivity index (χ2v) is 1.29. The summed E-state index contributed by atoms with van der Waals surface area (Å²) in [6, 6.07) is 0. The minimum absolute atomic E-state index is 1.08. The third-order valence-electron chi connectivity index (χ3n) is 0.211. The summed E-state index contributed by atoms with van der Waals surface area (Å²) < 4.78 is 17.1. The SMILES string of the molecule is N#COS(=O)OC#N. The van der Waals surface area contributed by atoms with Gasteiger partial charge in [-0.05, 0) is 0 Å². The van der Waals surface area contributed by atoms with E-state index in [1.807, 2.05) is 0 Å². The molecule has 0 atom stereocenters. The predicted octanol–water partition coefficient (Wildman–Crippen LogP) is -0.440. The highest BCUT2D eigenvalue weighted by Gasteiger charge is 1.95. The van der Waals surface area contributed by atoms with Gasteiger partial charge in [-0.25, -0.2) is 0 Å². The standard InChI is InChI=1S/C2N2O3S/c3-1-6-8(5)7-2-4. The Labute approximate surface area is 47.9 Å². The molecule has 0 rings (SSSR count). The predicted molar refractivity (Wildman–Crippen MR) is 21.5 cm³/mol. The lowest BCUT2D eigenvalue weighted by Crippen LogP contribution is -1.91. The number of rotatable bonds is 2. The van der Waals surface area contributed by atoms with Gasteiger partial charge in [-0.15, -0.1) is 10.5 Å². The maximum absolute atomic E-state index is 9.86. The van der Waals surface area contributed by atoms with Gasteiger partial charge in [0.15, 0.2) is 0 Å². The molecule has 0 aliphatic heterocycles. The van der Waals surface area contributed by atoms with Crippen LogP contribution in [0.3, 0.4) is 0 Å². The van der Waals surface area contributed by atoms with E-state index in [9.17, 15) is 4.21 Å². The Morgan fingerprint density at radius 2 is 1.62 bits per heavy atom. The van der Waals surface area contributed by atoms with Gasteiger partial charge >= 0.3 is 23.9 Å². The summed E-state index contributed by atoms with van der Waals surface area (Å²) in [5.41, 5.74) is 0. The van der Waals surface area contributed by atoms with Crippen LogP contribution in [-0.4, -0.2) is 4.21 Å². The lowest BCUT2D eigenvalue weighted by Gasteiger charge is -1.83. The molecule has 42 valence electrons. The number of hydrogen-bond donors (Lipinski definition) is 0. The average Bonchev–Trinajstić information content (AvgIpc) is 1.68. The number of hydrogen-bond acceptors (Lipinski definition) is 5. The van der Waals surface area contributed by atoms with Crippen molar-refractivity contribution in [2.75, 3.05) is 0 Å². The maximum Gasteiger partial charge on any atom is 0.438 e. The molecule has 6 heteroatoms. The first-order valence-corrected chi connectivity index (χ1v) is 2.36. The highest BCUT2D eigenvalue weighted by molar-refractivity contribution is 7.75. The van der Waals surface area contributed by atoms with Crippen molar-refractivity contribution >= 4 is 11.4 Å². The zero-order valence-electron chi connectivity index (χ0n) is 3.53. The Morgan fingerprint density at radius 3 is 1.88 bits per heavy atom. The van der Waals surface area contributed by atoms with Crippen LogP contribution >= 0.6 is 0 Å². The first-order valence-electron chi connectivity index (χ1n) is 1.36. The zero-order valence-corrected chi connectivity index (χ0v) is 4.34. The molecule has 0 aromatic heterocycles. The van der Waals surface area contributed by atoms with Crippen LogP contribution in [0.1, 0.15) is 0 Å². The molecule has 0 bridgehead atoms. The van der Waals surface area contributed by atoms with Gasteiger partial charge in [0.1, 0.15) is 0 Å². The Morgan fingerprint density at radius 1 is 1.25 bits per heavy atom. The largest absolute Gasteiger partial charge is 0.438 e. The quantitative estimate of drug-likeness (QED) is 0.475. The van der Waals surface area contributed by atoms with Crippen molar-refractivity contribution in [1.29, 1.82) is 10.5 Å². The van der Waals surface area contributed by atoms with Gasteiger partial charge in [0.05, 0.1) is 0 Å². The lowest BCUT2D eigenvalue weighted by atomic mass is 11.6. The minimum atomic E-state index is -2.24. The molecule has 0 radical (unpaired) electrons. The molecule has 0 fully saturated rings. The molecule has 5 nitrogen and oxygen atoms in total. The molecule has 0 spiro atoms. The molecule has 0 heterocycles. The molecule has 0 aromatic carbocycles. The van der Waals surface area contributed by atoms with Gasteiger partial charge in [-0.1, -0.05) is 0 Å². The third-order valence-corrected chi connectivity index (χ3v) is 0.632. The Bertz CT molecular complexity index is 147. The number of nitriles is 2. The van der Waals surface area contributed by atoms with Gasteiger partial charge in [0.2, 0.25) is 0 Å². The van der Waals surface area contributed by atoms with E-state index in [4.69, 9.17) is 10.5 Å². The second-order valence-electron chi connectivity index (χ2n) is 0.553. The van der Waals surface area contributed by atoms with E-state index in [0.717, 1.165) is 12.5 Å². The fraction of sp³-hybridized carbons (Fsp3) is 0. The van der Waals surface area contributed by atoms with Crippen molar-refractivity contribution in [2.45, 2.75) is 0 Å². The highest BCUT2D eigenvalue weighted by atomic mass is 32.2. The summed E-state index contributed by atoms with van der Waals surface area (Å²) in [5, 5.41) is 15.2. The van der Waals surface area contributed by atoms with Crippen molar-refractivity contribution in [3.05, 3.63) is 0 Å². The van der Waals surface area contributed by atoms with E-state index in [1.54, 1.807) is 0 Å². The molecule has 0 aromatic rings. The van der Waals surface area contributed by atoms with Gasteiger partial charge in [-0.3, -0.25) is 8.37 Å². The third kappa shape index (κ3) is 2.94. The fourth-order valence-electron chi connectivity index (χ4n) is 0.0779. The van der Waals surface area contributed by atoms with E-state index in [-0.39, 0.29) is 0 Å². The van der Waals surface area contributed by atoms with Crippen LogP contribution in [0, 0.1) is 23.0 Å². The van der Waals surface area contributed by atoms with Crippen molar-refractivity contribution in [1.82, 2.24) is 0 Å². The van der Waals surface area contributed by atoms with Crippen LogP contribution < -0.4 is 0 Å². The van der Waals surface area contributed by atoms with Gasteiger partial charge in [-0.2, -0.15) is 4.21 Å². The summed E-state index contributed by atoms with van der Waals surface area (Å²) in [6.07, 6.45) is 2.15. The lowest BCUT2D eigenvalue weighted by molar-refractivity contribution is 0.417. The molecule has 0 unspecified atom stereocenters. The van der Waals surface area contributed by atoms with Crippen LogP contribution in [0.5, 0.6) is 0 Å². The van der Waals surface area contributed by atoms with Crippen LogP contribution in [0.15, 0.2) is 0 Å². The van der Waals surface area contributed by atoms with Crippen molar-refractivity contribution in [3.63, 3.8) is 0 Å². The van der Waals surface area contributed by atoms with E-state index in [2.05, 4.69) is 8.37 Å². The van der Waals surface area contributed by atoms with E-state index in [1.165, 1.54) is 0 Å². The smallest absolute Gasteiger partial charge is 0.290 e. The van der Waals surface area contributed by atoms with E-state index in [0.29, 0.717) is 0 Å². The normalized spacial score (nSPS) is 6.88. The van der Waals surface area contributed by atoms with Crippen molar-refractivity contribution in [2.24, 2.45) is 0 Å². The summed E-state index contributed by atoms with van der Waals surface area (Å²) in [5.74, 6) is 0. The molecule has 0 aliphatic rings. The maximum atomic E-state index is 9.86. The molecule has 0 amide bonds. The monoisotopic (exact) mass is 132 g/mol. The minimum Gasteiger partial charge on any atom is -0.290 e. The summed E-state index contributed by atoms with van der Waals surface area (Å²) in [7, 11) is 0. The van der Waals surface area contributed by atoms with Gasteiger partial charge < -0.3 is 0 Å². The van der Waals surface area contributed by atoms with Crippen LogP contribution in [0.4, 0.5) is 0 Å². The summed E-state index contributed by atoms with van der Waals surface area (Å²) >= 11 is -2.24. The van der Waals surface area contributed by atoms with Crippen molar-refractivity contribution in [3.8, 4) is 12.5 Å². The molecule has 8 heavy (non-hydrogen) atoms. The molecule has 0 saturated carbocycles. The topological polar surface area (TPSA) is 83.1 Å². The molecule has 0 N–H and O–H groups in total. The van der Waals surface area contributed by atoms with Crippen molar-refractivity contribution < 1.29 is 12.6 Å². The molecular formula is C2N2O3S. The Balaban J connectivity index is 3.41. The van der Waals surface area contributed by atoms with Gasteiger partial charge in [0, 0.05) is 0 Å². The van der Waals surface area contributed by atoms with Gasteiger partial charge in [0.25, 0.3) is 0 Å². The first-order chi connectivity index (χ1) is 3.81. The first kappa shape index (κ1) is 6.73. The average molecular weight is 132 g/mol. The molecular weight excluding hydrogens is 132 g/mol. The summed E-state index contributed by atoms with van der Waals surface area (Å²) in [4.78, 5) is 0. The van der Waals surface area contributed by atoms with Crippen LogP contribution in [-0.2, 0) is 19.7 Å². The molecule has 0 saturated heterocycles. The molecule has 0 aliphatic carbocycles. The van der Waals surface area contributed by atoms with E-state index < -0.39 is 11.4 Å². The summed E-state index contributed by atoms with van der Waals surface area (Å²) in [6.45, 7) is 0. The Hall–Kier alpha value is -1.27. The van der Waals surface area contributed by atoms with Crippen LogP contribution in [0.2, 0.25) is 0 Å². The highest BCUT2D eigenvalue weighted by Crippen LogP contribution is 1.82.